The molecule has 0 bridgehead atoms. The predicted molar refractivity (Wildman–Crippen MR) is 99.8 cm³/mol. The Morgan fingerprint density at radius 1 is 1.08 bits per heavy atom. The van der Waals surface area contributed by atoms with Crippen LogP contribution >= 0.6 is 0 Å². The van der Waals surface area contributed by atoms with Crippen LogP contribution in [0.25, 0.3) is 0 Å². The third-order valence-corrected chi connectivity index (χ3v) is 5.81. The molecule has 2 aromatic carbocycles. The van der Waals surface area contributed by atoms with E-state index in [2.05, 4.69) is 4.72 Å². The van der Waals surface area contributed by atoms with E-state index in [1.807, 2.05) is 4.90 Å². The number of sulfonamides is 1. The van der Waals surface area contributed by atoms with Crippen molar-refractivity contribution in [3.05, 3.63) is 54.1 Å². The number of hydrogen-bond acceptors (Lipinski definition) is 4. The molecule has 0 unspecified atom stereocenters. The molecule has 0 aliphatic carbocycles. The molecule has 1 saturated heterocycles. The molecular formula is C19H22N2O4S. The van der Waals surface area contributed by atoms with E-state index < -0.39 is 10.0 Å². The zero-order chi connectivity index (χ0) is 18.6. The van der Waals surface area contributed by atoms with Gasteiger partial charge in [-0.1, -0.05) is 12.1 Å². The summed E-state index contributed by atoms with van der Waals surface area (Å²) in [4.78, 5) is 13.7. The fraction of sp³-hybridized carbons (Fsp3) is 0.316. The Morgan fingerprint density at radius 2 is 1.77 bits per heavy atom. The Kier molecular flexibility index (Phi) is 5.46. The van der Waals surface area contributed by atoms with Gasteiger partial charge in [0.25, 0.3) is 10.0 Å². The summed E-state index contributed by atoms with van der Waals surface area (Å²) in [5.41, 5.74) is 1.48. The number of carbonyl (C=O) groups excluding carboxylic acids is 1. The minimum atomic E-state index is -3.64. The molecule has 6 nitrogen and oxygen atoms in total. The smallest absolute Gasteiger partial charge is 0.261 e. The molecule has 1 heterocycles. The number of nitrogens with one attached hydrogen (secondary N) is 1. The summed E-state index contributed by atoms with van der Waals surface area (Å²) in [5.74, 6) is 0.863. The molecule has 3 rings (SSSR count). The van der Waals surface area contributed by atoms with E-state index in [1.165, 1.54) is 0 Å². The van der Waals surface area contributed by atoms with Crippen molar-refractivity contribution < 1.29 is 17.9 Å². The Hall–Kier alpha value is -2.54. The number of anilines is 1. The Balaban J connectivity index is 1.63. The Bertz CT molecular complexity index is 861. The number of carbonyl (C=O) groups is 1. The average molecular weight is 374 g/mol. The molecule has 1 aliphatic rings. The topological polar surface area (TPSA) is 75.7 Å². The molecule has 1 N–H and O–H groups in total. The van der Waals surface area contributed by atoms with Crippen molar-refractivity contribution in [3.8, 4) is 5.75 Å². The highest BCUT2D eigenvalue weighted by molar-refractivity contribution is 7.92. The molecule has 0 spiro atoms. The van der Waals surface area contributed by atoms with Gasteiger partial charge in [-0.05, 0) is 54.8 Å². The maximum atomic E-state index is 12.5. The first-order valence-electron chi connectivity index (χ1n) is 8.51. The van der Waals surface area contributed by atoms with Gasteiger partial charge in [0.1, 0.15) is 5.75 Å². The van der Waals surface area contributed by atoms with Crippen molar-refractivity contribution in [3.63, 3.8) is 0 Å². The Labute approximate surface area is 153 Å². The number of nitrogens with zero attached hydrogens (tertiary/aromatic N) is 1. The van der Waals surface area contributed by atoms with Gasteiger partial charge in [-0.15, -0.1) is 0 Å². The lowest BCUT2D eigenvalue weighted by Crippen LogP contribution is -2.26. The molecule has 0 radical (unpaired) electrons. The SMILES string of the molecule is COc1ccc(NS(=O)(=O)c2ccc(CCN3CCCC3=O)cc2)cc1. The van der Waals surface area contributed by atoms with Crippen molar-refractivity contribution >= 4 is 21.6 Å². The molecular weight excluding hydrogens is 352 g/mol. The van der Waals surface area contributed by atoms with Gasteiger partial charge >= 0.3 is 0 Å². The lowest BCUT2D eigenvalue weighted by Gasteiger charge is -2.15. The van der Waals surface area contributed by atoms with Gasteiger partial charge in [0.05, 0.1) is 12.0 Å². The average Bonchev–Trinajstić information content (AvgIpc) is 3.05. The third kappa shape index (κ3) is 4.35. The zero-order valence-electron chi connectivity index (χ0n) is 14.6. The van der Waals surface area contributed by atoms with Crippen LogP contribution in [0.2, 0.25) is 0 Å². The van der Waals surface area contributed by atoms with Gasteiger partial charge < -0.3 is 9.64 Å². The van der Waals surface area contributed by atoms with Gasteiger partial charge in [0.2, 0.25) is 5.91 Å². The largest absolute Gasteiger partial charge is 0.497 e. The van der Waals surface area contributed by atoms with E-state index in [9.17, 15) is 13.2 Å². The lowest BCUT2D eigenvalue weighted by molar-refractivity contribution is -0.127. The second-order valence-electron chi connectivity index (χ2n) is 6.21. The highest BCUT2D eigenvalue weighted by Crippen LogP contribution is 2.20. The number of hydrogen-bond donors (Lipinski definition) is 1. The first-order chi connectivity index (χ1) is 12.5. The fourth-order valence-corrected chi connectivity index (χ4v) is 3.97. The van der Waals surface area contributed by atoms with Crippen LogP contribution in [0.1, 0.15) is 18.4 Å². The molecule has 26 heavy (non-hydrogen) atoms. The number of methoxy groups -OCH3 is 1. The molecule has 1 amide bonds. The maximum absolute atomic E-state index is 12.5. The van der Waals surface area contributed by atoms with E-state index in [-0.39, 0.29) is 10.8 Å². The number of rotatable bonds is 7. The summed E-state index contributed by atoms with van der Waals surface area (Å²) in [6.45, 7) is 1.49. The zero-order valence-corrected chi connectivity index (χ0v) is 15.5. The predicted octanol–water partition coefficient (Wildman–Crippen LogP) is 2.66. The standard InChI is InChI=1S/C19H22N2O4S/c1-25-17-8-6-16(7-9-17)20-26(23,24)18-10-4-15(5-11-18)12-14-21-13-2-3-19(21)22/h4-11,20H,2-3,12-14H2,1H3. The van der Waals surface area contributed by atoms with E-state index >= 15 is 0 Å². The van der Waals surface area contributed by atoms with Crippen LogP contribution in [0, 0.1) is 0 Å². The summed E-state index contributed by atoms with van der Waals surface area (Å²) in [5, 5.41) is 0. The van der Waals surface area contributed by atoms with E-state index in [0.29, 0.717) is 24.4 Å². The van der Waals surface area contributed by atoms with Crippen molar-refractivity contribution in [2.75, 3.05) is 24.9 Å². The van der Waals surface area contributed by atoms with Gasteiger partial charge in [0, 0.05) is 25.2 Å². The van der Waals surface area contributed by atoms with Crippen molar-refractivity contribution in [2.45, 2.75) is 24.2 Å². The molecule has 0 aromatic heterocycles. The van der Waals surface area contributed by atoms with Gasteiger partial charge in [-0.25, -0.2) is 8.42 Å². The molecule has 1 fully saturated rings. The van der Waals surface area contributed by atoms with E-state index in [0.717, 1.165) is 24.9 Å². The molecule has 1 aliphatic heterocycles. The van der Waals surface area contributed by atoms with Crippen LogP contribution < -0.4 is 9.46 Å². The summed E-state index contributed by atoms with van der Waals surface area (Å²) in [6, 6.07) is 13.5. The van der Waals surface area contributed by atoms with E-state index in [4.69, 9.17) is 4.74 Å². The summed E-state index contributed by atoms with van der Waals surface area (Å²) >= 11 is 0. The highest BCUT2D eigenvalue weighted by atomic mass is 32.2. The number of ether oxygens (including phenoxy) is 1. The van der Waals surface area contributed by atoms with Crippen molar-refractivity contribution in [1.29, 1.82) is 0 Å². The van der Waals surface area contributed by atoms with Crippen LogP contribution in [0.15, 0.2) is 53.4 Å². The summed E-state index contributed by atoms with van der Waals surface area (Å²) in [6.07, 6.45) is 2.28. The maximum Gasteiger partial charge on any atom is 0.261 e. The normalized spacial score (nSPS) is 14.5. The lowest BCUT2D eigenvalue weighted by atomic mass is 10.1. The van der Waals surface area contributed by atoms with Crippen LogP contribution in [0.5, 0.6) is 5.75 Å². The molecule has 7 heteroatoms. The van der Waals surface area contributed by atoms with Crippen LogP contribution in [0.3, 0.4) is 0 Å². The molecule has 138 valence electrons. The van der Waals surface area contributed by atoms with Gasteiger partial charge in [-0.2, -0.15) is 0 Å². The minimum Gasteiger partial charge on any atom is -0.497 e. The molecule has 2 aromatic rings. The molecule has 0 atom stereocenters. The monoisotopic (exact) mass is 374 g/mol. The minimum absolute atomic E-state index is 0.202. The van der Waals surface area contributed by atoms with Crippen molar-refractivity contribution in [1.82, 2.24) is 4.90 Å². The van der Waals surface area contributed by atoms with Gasteiger partial charge in [-0.3, -0.25) is 9.52 Å². The second kappa shape index (κ2) is 7.78. The van der Waals surface area contributed by atoms with Gasteiger partial charge in [0.15, 0.2) is 0 Å². The van der Waals surface area contributed by atoms with E-state index in [1.54, 1.807) is 55.6 Å². The van der Waals surface area contributed by atoms with Crippen LogP contribution in [0.4, 0.5) is 5.69 Å². The van der Waals surface area contributed by atoms with Crippen LogP contribution in [-0.4, -0.2) is 39.4 Å². The number of benzene rings is 2. The third-order valence-electron chi connectivity index (χ3n) is 4.42. The second-order valence-corrected chi connectivity index (χ2v) is 7.89. The quantitative estimate of drug-likeness (QED) is 0.808. The highest BCUT2D eigenvalue weighted by Gasteiger charge is 2.19. The summed E-state index contributed by atoms with van der Waals surface area (Å²) in [7, 11) is -2.09. The number of likely N-dealkylation sites (tertiary alicyclic amines) is 1. The first kappa shape index (κ1) is 18.3. The summed E-state index contributed by atoms with van der Waals surface area (Å²) < 4.78 is 32.6. The Morgan fingerprint density at radius 3 is 2.35 bits per heavy atom. The molecule has 0 saturated carbocycles. The van der Waals surface area contributed by atoms with Crippen LogP contribution in [-0.2, 0) is 21.2 Å². The fourth-order valence-electron chi connectivity index (χ4n) is 2.91. The van der Waals surface area contributed by atoms with Crippen molar-refractivity contribution in [2.24, 2.45) is 0 Å². The number of amides is 1. The first-order valence-corrected chi connectivity index (χ1v) is 10.00.